The Morgan fingerprint density at radius 3 is 2.38 bits per heavy atom. The smallest absolute Gasteiger partial charge is 0.310 e. The van der Waals surface area contributed by atoms with Gasteiger partial charge in [0.1, 0.15) is 18.3 Å². The number of carbonyl (C=O) groups excluding carboxylic acids is 4. The summed E-state index contributed by atoms with van der Waals surface area (Å²) in [5.41, 5.74) is -0.635. The van der Waals surface area contributed by atoms with E-state index in [9.17, 15) is 19.2 Å². The zero-order chi connectivity index (χ0) is 24.8. The number of hydrogen-bond acceptors (Lipinski definition) is 9. The van der Waals surface area contributed by atoms with E-state index in [2.05, 4.69) is 0 Å². The lowest BCUT2D eigenvalue weighted by molar-refractivity contribution is -0.245. The highest BCUT2D eigenvalue weighted by molar-refractivity contribution is 5.77. The first-order valence-electron chi connectivity index (χ1n) is 11.7. The highest BCUT2D eigenvalue weighted by Gasteiger charge is 2.68. The number of rotatable bonds is 4. The second-order valence-electron chi connectivity index (χ2n) is 10.3. The van der Waals surface area contributed by atoms with Crippen molar-refractivity contribution >= 4 is 23.9 Å². The van der Waals surface area contributed by atoms with Gasteiger partial charge in [-0.3, -0.25) is 19.2 Å². The minimum absolute atomic E-state index is 0.174. The second kappa shape index (κ2) is 8.74. The molecule has 34 heavy (non-hydrogen) atoms. The average Bonchev–Trinajstić information content (AvgIpc) is 3.28. The molecule has 186 valence electrons. The Labute approximate surface area is 198 Å². The van der Waals surface area contributed by atoms with Crippen LogP contribution in [0, 0.1) is 28.6 Å². The van der Waals surface area contributed by atoms with Gasteiger partial charge in [-0.25, -0.2) is 0 Å². The van der Waals surface area contributed by atoms with Crippen molar-refractivity contribution in [1.29, 1.82) is 0 Å². The van der Waals surface area contributed by atoms with E-state index in [1.54, 1.807) is 12.3 Å². The lowest BCUT2D eigenvalue weighted by Gasteiger charge is -2.63. The quantitative estimate of drug-likeness (QED) is 0.476. The van der Waals surface area contributed by atoms with Gasteiger partial charge in [0.2, 0.25) is 0 Å². The highest BCUT2D eigenvalue weighted by atomic mass is 16.6. The molecule has 3 fully saturated rings. The Morgan fingerprint density at radius 2 is 1.79 bits per heavy atom. The Morgan fingerprint density at radius 1 is 1.09 bits per heavy atom. The molecule has 9 nitrogen and oxygen atoms in total. The Kier molecular flexibility index (Phi) is 6.25. The topological polar surface area (TPSA) is 118 Å². The first-order valence-corrected chi connectivity index (χ1v) is 11.7. The summed E-state index contributed by atoms with van der Waals surface area (Å²) in [6, 6.07) is 1.76. The van der Waals surface area contributed by atoms with E-state index >= 15 is 0 Å². The highest BCUT2D eigenvalue weighted by Crippen LogP contribution is 2.66. The molecule has 0 aromatic carbocycles. The molecule has 2 unspecified atom stereocenters. The Bertz CT molecular complexity index is 969. The summed E-state index contributed by atoms with van der Waals surface area (Å²) in [5, 5.41) is 0. The van der Waals surface area contributed by atoms with Gasteiger partial charge in [0, 0.05) is 31.7 Å². The molecular weight excluding hydrogens is 444 g/mol. The van der Waals surface area contributed by atoms with E-state index in [0.29, 0.717) is 19.3 Å². The van der Waals surface area contributed by atoms with E-state index in [1.165, 1.54) is 27.2 Å². The van der Waals surface area contributed by atoms with Gasteiger partial charge in [0.25, 0.3) is 0 Å². The van der Waals surface area contributed by atoms with E-state index in [0.717, 1.165) is 5.56 Å². The van der Waals surface area contributed by atoms with Crippen molar-refractivity contribution in [3.8, 4) is 0 Å². The molecule has 0 radical (unpaired) electrons. The molecular formula is C25H32O9. The van der Waals surface area contributed by atoms with E-state index < -0.39 is 64.8 Å². The predicted octanol–water partition coefficient (Wildman–Crippen LogP) is 3.36. The molecule has 4 rings (SSSR count). The molecule has 1 aromatic heterocycles. The number of ether oxygens (including phenoxy) is 4. The molecule has 8 atom stereocenters. The lowest BCUT2D eigenvalue weighted by atomic mass is 9.42. The summed E-state index contributed by atoms with van der Waals surface area (Å²) in [4.78, 5) is 50.4. The standard InChI is InChI=1S/C25H32O9/c1-13(26)32-18-10-17(22(28)30-5)24(3)8-6-16-23(29)34-19(15-7-9-31-12-15)11-25(16,4)21(24)20(18)33-14(2)27/h7,9,12,16-21H,6,8,10-11H2,1-5H3/t16-,17-,18-,19-,20?,21?,24-,25-/m0/s1. The molecule has 3 aliphatic rings. The van der Waals surface area contributed by atoms with Crippen molar-refractivity contribution < 1.29 is 42.5 Å². The third kappa shape index (κ3) is 3.88. The molecule has 1 aromatic rings. The van der Waals surface area contributed by atoms with Gasteiger partial charge in [0.05, 0.1) is 31.5 Å². The van der Waals surface area contributed by atoms with Crippen molar-refractivity contribution in [2.75, 3.05) is 7.11 Å². The molecule has 1 aliphatic heterocycles. The fourth-order valence-electron chi connectivity index (χ4n) is 7.04. The number of carbonyl (C=O) groups is 4. The first-order chi connectivity index (χ1) is 16.0. The zero-order valence-corrected chi connectivity index (χ0v) is 20.2. The summed E-state index contributed by atoms with van der Waals surface area (Å²) in [6.45, 7) is 6.58. The van der Waals surface area contributed by atoms with Crippen LogP contribution >= 0.6 is 0 Å². The van der Waals surface area contributed by atoms with Gasteiger partial charge in [-0.15, -0.1) is 0 Å². The van der Waals surface area contributed by atoms with Crippen LogP contribution < -0.4 is 0 Å². The maximum atomic E-state index is 13.2. The van der Waals surface area contributed by atoms with E-state index in [4.69, 9.17) is 23.4 Å². The number of fused-ring (bicyclic) bond motifs is 3. The molecule has 2 aliphatic carbocycles. The lowest BCUT2D eigenvalue weighted by Crippen LogP contribution is -2.66. The maximum absolute atomic E-state index is 13.2. The van der Waals surface area contributed by atoms with Crippen molar-refractivity contribution in [3.05, 3.63) is 24.2 Å². The second-order valence-corrected chi connectivity index (χ2v) is 10.3. The van der Waals surface area contributed by atoms with Crippen LogP contribution in [0.15, 0.2) is 23.0 Å². The summed E-state index contributed by atoms with van der Waals surface area (Å²) in [6.07, 6.45) is 2.54. The fraction of sp³-hybridized carbons (Fsp3) is 0.680. The molecule has 0 spiro atoms. The third-order valence-electron chi connectivity index (χ3n) is 8.34. The molecule has 1 saturated heterocycles. The molecule has 2 saturated carbocycles. The van der Waals surface area contributed by atoms with Crippen LogP contribution in [0.25, 0.3) is 0 Å². The Hall–Kier alpha value is -2.84. The predicted molar refractivity (Wildman–Crippen MR) is 116 cm³/mol. The molecule has 2 heterocycles. The largest absolute Gasteiger partial charge is 0.472 e. The average molecular weight is 477 g/mol. The van der Waals surface area contributed by atoms with Crippen LogP contribution in [0.3, 0.4) is 0 Å². The monoisotopic (exact) mass is 476 g/mol. The SMILES string of the molecule is COC(=O)[C@@H]1C[C@H](OC(C)=O)C(OC(C)=O)C2[C@@]1(C)CC[C@H]1C(=O)O[C@H](c3ccoc3)C[C@]21C. The first kappa shape index (κ1) is 24.3. The van der Waals surface area contributed by atoms with Crippen LogP contribution in [0.2, 0.25) is 0 Å². The Balaban J connectivity index is 1.85. The summed E-state index contributed by atoms with van der Waals surface area (Å²) in [7, 11) is 1.33. The summed E-state index contributed by atoms with van der Waals surface area (Å²) in [5.74, 6) is -3.30. The summed E-state index contributed by atoms with van der Waals surface area (Å²) < 4.78 is 27.6. The van der Waals surface area contributed by atoms with Gasteiger partial charge in [-0.2, -0.15) is 0 Å². The minimum Gasteiger partial charge on any atom is -0.472 e. The van der Waals surface area contributed by atoms with Gasteiger partial charge < -0.3 is 23.4 Å². The van der Waals surface area contributed by atoms with Crippen LogP contribution in [-0.4, -0.2) is 43.2 Å². The minimum atomic E-state index is -0.843. The van der Waals surface area contributed by atoms with Crippen molar-refractivity contribution in [1.82, 2.24) is 0 Å². The fourth-order valence-corrected chi connectivity index (χ4v) is 7.04. The van der Waals surface area contributed by atoms with Crippen molar-refractivity contribution in [2.45, 2.75) is 71.7 Å². The van der Waals surface area contributed by atoms with Crippen molar-refractivity contribution in [3.63, 3.8) is 0 Å². The van der Waals surface area contributed by atoms with Crippen LogP contribution in [-0.2, 0) is 38.1 Å². The van der Waals surface area contributed by atoms with Crippen LogP contribution in [0.4, 0.5) is 0 Å². The van der Waals surface area contributed by atoms with E-state index in [-0.39, 0.29) is 12.4 Å². The van der Waals surface area contributed by atoms with Gasteiger partial charge in [0.15, 0.2) is 0 Å². The van der Waals surface area contributed by atoms with Crippen molar-refractivity contribution in [2.24, 2.45) is 28.6 Å². The van der Waals surface area contributed by atoms with Gasteiger partial charge in [-0.1, -0.05) is 13.8 Å². The number of methoxy groups -OCH3 is 1. The molecule has 9 heteroatoms. The molecule has 0 N–H and O–H groups in total. The zero-order valence-electron chi connectivity index (χ0n) is 20.2. The maximum Gasteiger partial charge on any atom is 0.310 e. The number of cyclic esters (lactones) is 1. The van der Waals surface area contributed by atoms with Crippen LogP contribution in [0.5, 0.6) is 0 Å². The third-order valence-corrected chi connectivity index (χ3v) is 8.34. The summed E-state index contributed by atoms with van der Waals surface area (Å²) >= 11 is 0. The van der Waals surface area contributed by atoms with Gasteiger partial charge in [-0.05, 0) is 36.2 Å². The molecule has 0 bridgehead atoms. The van der Waals surface area contributed by atoms with Gasteiger partial charge >= 0.3 is 23.9 Å². The number of furan rings is 1. The van der Waals surface area contributed by atoms with E-state index in [1.807, 2.05) is 13.8 Å². The number of esters is 4. The molecule has 0 amide bonds. The van der Waals surface area contributed by atoms with Crippen LogP contribution in [0.1, 0.15) is 65.0 Å². The number of hydrogen-bond donors (Lipinski definition) is 0. The normalized spacial score (nSPS) is 39.1.